The summed E-state index contributed by atoms with van der Waals surface area (Å²) < 4.78 is 13.6. The summed E-state index contributed by atoms with van der Waals surface area (Å²) in [6.07, 6.45) is 2.91. The monoisotopic (exact) mass is 334 g/mol. The van der Waals surface area contributed by atoms with Crippen LogP contribution in [0.3, 0.4) is 0 Å². The maximum Gasteiger partial charge on any atom is 0.252 e. The Morgan fingerprint density at radius 1 is 1.61 bits per heavy atom. The highest BCUT2D eigenvalue weighted by atomic mass is 79.9. The summed E-state index contributed by atoms with van der Waals surface area (Å²) in [6, 6.07) is 2.62. The Morgan fingerprint density at radius 3 is 2.89 bits per heavy atom. The first-order valence-electron chi connectivity index (χ1n) is 5.50. The average Bonchev–Trinajstić information content (AvgIpc) is 2.31. The number of anilines is 1. The highest BCUT2D eigenvalue weighted by Crippen LogP contribution is 2.22. The Bertz CT molecular complexity index is 442. The van der Waals surface area contributed by atoms with Crippen molar-refractivity contribution in [2.24, 2.45) is 0 Å². The molecule has 0 fully saturated rings. The molecule has 1 rings (SSSR count). The second-order valence-corrected chi connectivity index (χ2v) is 5.85. The first kappa shape index (κ1) is 15.3. The van der Waals surface area contributed by atoms with Gasteiger partial charge in [-0.1, -0.05) is 0 Å². The van der Waals surface area contributed by atoms with E-state index < -0.39 is 5.82 Å². The van der Waals surface area contributed by atoms with Crippen LogP contribution in [-0.4, -0.2) is 24.0 Å². The van der Waals surface area contributed by atoms with Crippen LogP contribution in [0.4, 0.5) is 10.1 Å². The van der Waals surface area contributed by atoms with Crippen LogP contribution in [0.15, 0.2) is 16.6 Å². The molecule has 0 heterocycles. The molecule has 0 aliphatic heterocycles. The van der Waals surface area contributed by atoms with Crippen LogP contribution in [0.2, 0.25) is 0 Å². The van der Waals surface area contributed by atoms with Crippen molar-refractivity contribution in [1.29, 1.82) is 0 Å². The number of benzene rings is 1. The Morgan fingerprint density at radius 2 is 2.28 bits per heavy atom. The summed E-state index contributed by atoms with van der Waals surface area (Å²) in [7, 11) is 0. The average molecular weight is 335 g/mol. The van der Waals surface area contributed by atoms with Crippen molar-refractivity contribution in [2.45, 2.75) is 19.4 Å². The highest BCUT2D eigenvalue weighted by molar-refractivity contribution is 9.10. The van der Waals surface area contributed by atoms with Crippen molar-refractivity contribution < 1.29 is 9.18 Å². The molecular formula is C12H16BrFN2OS. The number of nitrogens with two attached hydrogens (primary N) is 1. The minimum absolute atomic E-state index is 0.0277. The Kier molecular flexibility index (Phi) is 5.95. The van der Waals surface area contributed by atoms with Crippen molar-refractivity contribution in [1.82, 2.24) is 5.32 Å². The number of halogens is 2. The number of amides is 1. The predicted molar refractivity (Wildman–Crippen MR) is 78.4 cm³/mol. The molecule has 1 unspecified atom stereocenters. The number of rotatable bonds is 5. The van der Waals surface area contributed by atoms with Crippen LogP contribution in [-0.2, 0) is 0 Å². The lowest BCUT2D eigenvalue weighted by Crippen LogP contribution is -2.33. The Balaban J connectivity index is 2.75. The maximum atomic E-state index is 13.2. The molecule has 0 aromatic heterocycles. The molecule has 1 aromatic rings. The summed E-state index contributed by atoms with van der Waals surface area (Å²) >= 11 is 4.89. The molecule has 0 aliphatic carbocycles. The SMILES string of the molecule is CSCCC(C)NC(=O)c1cc(N)c(F)cc1Br. The van der Waals surface area contributed by atoms with Crippen molar-refractivity contribution in [3.05, 3.63) is 28.0 Å². The third-order valence-electron chi connectivity index (χ3n) is 2.46. The van der Waals surface area contributed by atoms with Gasteiger partial charge >= 0.3 is 0 Å². The minimum atomic E-state index is -0.533. The predicted octanol–water partition coefficient (Wildman–Crippen LogP) is 3.04. The van der Waals surface area contributed by atoms with Crippen LogP contribution >= 0.6 is 27.7 Å². The van der Waals surface area contributed by atoms with E-state index >= 15 is 0 Å². The van der Waals surface area contributed by atoms with Gasteiger partial charge < -0.3 is 11.1 Å². The van der Waals surface area contributed by atoms with E-state index in [2.05, 4.69) is 21.2 Å². The number of nitrogen functional groups attached to an aromatic ring is 1. The zero-order valence-electron chi connectivity index (χ0n) is 10.3. The normalized spacial score (nSPS) is 12.2. The molecule has 1 aromatic carbocycles. The van der Waals surface area contributed by atoms with Crippen LogP contribution in [0.25, 0.3) is 0 Å². The summed E-state index contributed by atoms with van der Waals surface area (Å²) in [6.45, 7) is 1.94. The van der Waals surface area contributed by atoms with Crippen LogP contribution < -0.4 is 11.1 Å². The van der Waals surface area contributed by atoms with Crippen molar-refractivity contribution >= 4 is 39.3 Å². The molecule has 3 N–H and O–H groups in total. The fourth-order valence-corrected chi connectivity index (χ4v) is 2.49. The van der Waals surface area contributed by atoms with Gasteiger partial charge in [0.25, 0.3) is 5.91 Å². The summed E-state index contributed by atoms with van der Waals surface area (Å²) in [5.74, 6) is 0.199. The van der Waals surface area contributed by atoms with Crippen LogP contribution in [0, 0.1) is 5.82 Å². The third kappa shape index (κ3) is 4.17. The Hall–Kier alpha value is -0.750. The first-order valence-corrected chi connectivity index (χ1v) is 7.68. The van der Waals surface area contributed by atoms with Crippen LogP contribution in [0.1, 0.15) is 23.7 Å². The first-order chi connectivity index (χ1) is 8.45. The van der Waals surface area contributed by atoms with Gasteiger partial charge in [0.05, 0.1) is 11.3 Å². The molecule has 0 saturated heterocycles. The summed E-state index contributed by atoms with van der Waals surface area (Å²) in [4.78, 5) is 12.0. The molecule has 6 heteroatoms. The number of hydrogen-bond acceptors (Lipinski definition) is 3. The standard InChI is InChI=1S/C12H16BrFN2OS/c1-7(3-4-18-2)16-12(17)8-5-11(15)10(14)6-9(8)13/h5-7H,3-4,15H2,1-2H3,(H,16,17). The highest BCUT2D eigenvalue weighted by Gasteiger charge is 2.15. The molecule has 0 aliphatic rings. The number of nitrogens with one attached hydrogen (secondary N) is 1. The smallest absolute Gasteiger partial charge is 0.252 e. The van der Waals surface area contributed by atoms with E-state index in [4.69, 9.17) is 5.73 Å². The molecule has 0 bridgehead atoms. The second-order valence-electron chi connectivity index (χ2n) is 4.01. The van der Waals surface area contributed by atoms with Gasteiger partial charge in [-0.05, 0) is 53.4 Å². The summed E-state index contributed by atoms with van der Waals surface area (Å²) in [5.41, 5.74) is 5.78. The number of carbonyl (C=O) groups is 1. The van der Waals surface area contributed by atoms with Gasteiger partial charge in [-0.15, -0.1) is 0 Å². The molecule has 0 spiro atoms. The Labute approximate surface area is 119 Å². The molecule has 1 atom stereocenters. The molecule has 100 valence electrons. The molecule has 18 heavy (non-hydrogen) atoms. The third-order valence-corrected chi connectivity index (χ3v) is 3.76. The zero-order chi connectivity index (χ0) is 13.7. The van der Waals surface area contributed by atoms with Gasteiger partial charge in [-0.3, -0.25) is 4.79 Å². The van der Waals surface area contributed by atoms with Gasteiger partial charge in [0.15, 0.2) is 0 Å². The quantitative estimate of drug-likeness (QED) is 0.813. The molecule has 1 amide bonds. The second kappa shape index (κ2) is 6.99. The van der Waals surface area contributed by atoms with E-state index in [1.165, 1.54) is 12.1 Å². The number of carbonyl (C=O) groups excluding carboxylic acids is 1. The van der Waals surface area contributed by atoms with Gasteiger partial charge in [0.1, 0.15) is 5.82 Å². The lowest BCUT2D eigenvalue weighted by atomic mass is 10.1. The molecular weight excluding hydrogens is 319 g/mol. The van der Waals surface area contributed by atoms with E-state index in [0.29, 0.717) is 10.0 Å². The molecule has 0 saturated carbocycles. The van der Waals surface area contributed by atoms with Gasteiger partial charge in [-0.25, -0.2) is 4.39 Å². The largest absolute Gasteiger partial charge is 0.396 e. The minimum Gasteiger partial charge on any atom is -0.396 e. The van der Waals surface area contributed by atoms with Crippen molar-refractivity contribution in [3.8, 4) is 0 Å². The fourth-order valence-electron chi connectivity index (χ4n) is 1.41. The maximum absolute atomic E-state index is 13.2. The van der Waals surface area contributed by atoms with Gasteiger partial charge in [0.2, 0.25) is 0 Å². The van der Waals surface area contributed by atoms with E-state index in [0.717, 1.165) is 12.2 Å². The fraction of sp³-hybridized carbons (Fsp3) is 0.417. The van der Waals surface area contributed by atoms with Gasteiger partial charge in [-0.2, -0.15) is 11.8 Å². The van der Waals surface area contributed by atoms with E-state index in [1.54, 1.807) is 11.8 Å². The lowest BCUT2D eigenvalue weighted by Gasteiger charge is -2.14. The zero-order valence-corrected chi connectivity index (χ0v) is 12.7. The molecule has 0 radical (unpaired) electrons. The number of hydrogen-bond donors (Lipinski definition) is 2. The van der Waals surface area contributed by atoms with E-state index in [1.807, 2.05) is 13.2 Å². The lowest BCUT2D eigenvalue weighted by molar-refractivity contribution is 0.0938. The van der Waals surface area contributed by atoms with Crippen LogP contribution in [0.5, 0.6) is 0 Å². The summed E-state index contributed by atoms with van der Waals surface area (Å²) in [5, 5.41) is 2.86. The molecule has 3 nitrogen and oxygen atoms in total. The van der Waals surface area contributed by atoms with E-state index in [-0.39, 0.29) is 17.6 Å². The topological polar surface area (TPSA) is 55.1 Å². The van der Waals surface area contributed by atoms with Crippen molar-refractivity contribution in [3.63, 3.8) is 0 Å². The number of thioether (sulfide) groups is 1. The van der Waals surface area contributed by atoms with Crippen molar-refractivity contribution in [2.75, 3.05) is 17.7 Å². The van der Waals surface area contributed by atoms with Gasteiger partial charge in [0, 0.05) is 10.5 Å². The van der Waals surface area contributed by atoms with E-state index in [9.17, 15) is 9.18 Å².